The molecule has 25 heavy (non-hydrogen) atoms. The third-order valence-corrected chi connectivity index (χ3v) is 4.85. The fourth-order valence-corrected chi connectivity index (χ4v) is 3.12. The molecule has 1 aliphatic rings. The van der Waals surface area contributed by atoms with Crippen molar-refractivity contribution in [3.05, 3.63) is 59.7 Å². The van der Waals surface area contributed by atoms with Crippen LogP contribution in [0.4, 0.5) is 5.69 Å². The minimum absolute atomic E-state index is 0.0940. The molecule has 1 fully saturated rings. The lowest BCUT2D eigenvalue weighted by molar-refractivity contribution is 0.102. The van der Waals surface area contributed by atoms with Crippen LogP contribution in [0.1, 0.15) is 35.7 Å². The number of carbonyl (C=O) groups excluding carboxylic acids is 1. The van der Waals surface area contributed by atoms with Crippen LogP contribution >= 0.6 is 0 Å². The van der Waals surface area contributed by atoms with Gasteiger partial charge in [-0.3, -0.25) is 9.69 Å². The summed E-state index contributed by atoms with van der Waals surface area (Å²) in [5.41, 5.74) is 2.69. The predicted octanol–water partition coefficient (Wildman–Crippen LogP) is 4.18. The second-order valence-electron chi connectivity index (χ2n) is 6.84. The fourth-order valence-electron chi connectivity index (χ4n) is 3.12. The van der Waals surface area contributed by atoms with Crippen LogP contribution in [0.5, 0.6) is 5.75 Å². The lowest BCUT2D eigenvalue weighted by atomic mass is 9.99. The van der Waals surface area contributed by atoms with Gasteiger partial charge in [0, 0.05) is 17.8 Å². The molecule has 0 aromatic heterocycles. The number of amides is 1. The summed E-state index contributed by atoms with van der Waals surface area (Å²) in [5, 5.41) is 2.91. The van der Waals surface area contributed by atoms with Crippen LogP contribution in [0.3, 0.4) is 0 Å². The minimum Gasteiger partial charge on any atom is -0.497 e. The number of benzene rings is 2. The number of hydrogen-bond acceptors (Lipinski definition) is 3. The van der Waals surface area contributed by atoms with Gasteiger partial charge in [0.05, 0.1) is 7.11 Å². The average Bonchev–Trinajstić information content (AvgIpc) is 2.65. The van der Waals surface area contributed by atoms with E-state index in [1.165, 1.54) is 31.5 Å². The first-order chi connectivity index (χ1) is 12.1. The number of rotatable bonds is 5. The fraction of sp³-hybridized carbons (Fsp3) is 0.381. The minimum atomic E-state index is -0.0940. The molecule has 2 aromatic rings. The van der Waals surface area contributed by atoms with Gasteiger partial charge in [-0.15, -0.1) is 0 Å². The van der Waals surface area contributed by atoms with Crippen molar-refractivity contribution >= 4 is 11.6 Å². The molecule has 0 spiro atoms. The molecule has 4 nitrogen and oxygen atoms in total. The van der Waals surface area contributed by atoms with Crippen molar-refractivity contribution in [2.24, 2.45) is 5.92 Å². The van der Waals surface area contributed by atoms with Gasteiger partial charge in [-0.25, -0.2) is 0 Å². The molecule has 1 saturated heterocycles. The Morgan fingerprint density at radius 3 is 2.32 bits per heavy atom. The van der Waals surface area contributed by atoms with Gasteiger partial charge in [0.25, 0.3) is 5.91 Å². The van der Waals surface area contributed by atoms with E-state index in [0.29, 0.717) is 5.56 Å². The van der Waals surface area contributed by atoms with Gasteiger partial charge in [-0.1, -0.05) is 19.1 Å². The van der Waals surface area contributed by atoms with Gasteiger partial charge in [0.15, 0.2) is 0 Å². The van der Waals surface area contributed by atoms with Crippen LogP contribution < -0.4 is 10.1 Å². The largest absolute Gasteiger partial charge is 0.497 e. The first kappa shape index (κ1) is 17.5. The Labute approximate surface area is 149 Å². The highest BCUT2D eigenvalue weighted by molar-refractivity contribution is 6.04. The van der Waals surface area contributed by atoms with Gasteiger partial charge in [-0.05, 0) is 73.8 Å². The van der Waals surface area contributed by atoms with Crippen molar-refractivity contribution in [2.45, 2.75) is 26.3 Å². The summed E-state index contributed by atoms with van der Waals surface area (Å²) in [6.45, 7) is 5.63. The summed E-state index contributed by atoms with van der Waals surface area (Å²) >= 11 is 0. The molecule has 0 bridgehead atoms. The highest BCUT2D eigenvalue weighted by Gasteiger charge is 2.15. The van der Waals surface area contributed by atoms with Crippen LogP contribution in [0, 0.1) is 5.92 Å². The van der Waals surface area contributed by atoms with E-state index < -0.39 is 0 Å². The second-order valence-corrected chi connectivity index (χ2v) is 6.84. The third kappa shape index (κ3) is 4.83. The summed E-state index contributed by atoms with van der Waals surface area (Å²) in [5.74, 6) is 1.53. The standard InChI is InChI=1S/C21H26N2O2/c1-16-11-13-23(14-12-16)15-17-3-5-18(6-4-17)21(24)22-19-7-9-20(25-2)10-8-19/h3-10,16H,11-15H2,1-2H3,(H,22,24). The van der Waals surface area contributed by atoms with Crippen LogP contribution in [0.25, 0.3) is 0 Å². The Morgan fingerprint density at radius 2 is 1.72 bits per heavy atom. The zero-order valence-corrected chi connectivity index (χ0v) is 15.0. The molecule has 0 saturated carbocycles. The summed E-state index contributed by atoms with van der Waals surface area (Å²) < 4.78 is 5.12. The first-order valence-electron chi connectivity index (χ1n) is 8.91. The van der Waals surface area contributed by atoms with E-state index in [0.717, 1.165) is 23.9 Å². The van der Waals surface area contributed by atoms with Crippen LogP contribution in [-0.2, 0) is 6.54 Å². The van der Waals surface area contributed by atoms with Crippen molar-refractivity contribution in [1.29, 1.82) is 0 Å². The van der Waals surface area contributed by atoms with E-state index in [1.54, 1.807) is 7.11 Å². The van der Waals surface area contributed by atoms with Crippen LogP contribution in [-0.4, -0.2) is 31.0 Å². The summed E-state index contributed by atoms with van der Waals surface area (Å²) in [4.78, 5) is 14.8. The summed E-state index contributed by atoms with van der Waals surface area (Å²) in [6.07, 6.45) is 2.56. The third-order valence-electron chi connectivity index (χ3n) is 4.85. The molecular formula is C21H26N2O2. The highest BCUT2D eigenvalue weighted by Crippen LogP contribution is 2.19. The van der Waals surface area contributed by atoms with Gasteiger partial charge in [0.1, 0.15) is 5.75 Å². The molecule has 0 unspecified atom stereocenters. The van der Waals surface area contributed by atoms with E-state index in [2.05, 4.69) is 29.3 Å². The zero-order chi connectivity index (χ0) is 17.6. The van der Waals surface area contributed by atoms with E-state index in [1.807, 2.05) is 36.4 Å². The van der Waals surface area contributed by atoms with Gasteiger partial charge in [-0.2, -0.15) is 0 Å². The number of anilines is 1. The molecular weight excluding hydrogens is 312 g/mol. The maximum atomic E-state index is 12.4. The second kappa shape index (κ2) is 8.17. The van der Waals surface area contributed by atoms with Crippen molar-refractivity contribution in [3.8, 4) is 5.75 Å². The first-order valence-corrected chi connectivity index (χ1v) is 8.91. The molecule has 0 radical (unpaired) electrons. The Balaban J connectivity index is 1.56. The molecule has 0 aliphatic carbocycles. The van der Waals surface area contributed by atoms with E-state index in [9.17, 15) is 4.79 Å². The highest BCUT2D eigenvalue weighted by atomic mass is 16.5. The molecule has 1 heterocycles. The number of ether oxygens (including phenoxy) is 1. The SMILES string of the molecule is COc1ccc(NC(=O)c2ccc(CN3CCC(C)CC3)cc2)cc1. The maximum absolute atomic E-state index is 12.4. The average molecular weight is 338 g/mol. The van der Waals surface area contributed by atoms with Gasteiger partial charge in [0.2, 0.25) is 0 Å². The normalized spacial score (nSPS) is 15.8. The van der Waals surface area contributed by atoms with Crippen LogP contribution in [0.15, 0.2) is 48.5 Å². The quantitative estimate of drug-likeness (QED) is 0.889. The number of nitrogens with one attached hydrogen (secondary N) is 1. The molecule has 4 heteroatoms. The molecule has 3 rings (SSSR count). The van der Waals surface area contributed by atoms with E-state index >= 15 is 0 Å². The van der Waals surface area contributed by atoms with Crippen LogP contribution in [0.2, 0.25) is 0 Å². The lowest BCUT2D eigenvalue weighted by Gasteiger charge is -2.30. The Morgan fingerprint density at radius 1 is 1.08 bits per heavy atom. The Hall–Kier alpha value is -2.33. The molecule has 2 aromatic carbocycles. The lowest BCUT2D eigenvalue weighted by Crippen LogP contribution is -2.32. The van der Waals surface area contributed by atoms with Crippen molar-refractivity contribution in [3.63, 3.8) is 0 Å². The maximum Gasteiger partial charge on any atom is 0.255 e. The number of likely N-dealkylation sites (tertiary alicyclic amines) is 1. The number of methoxy groups -OCH3 is 1. The van der Waals surface area contributed by atoms with Gasteiger partial charge >= 0.3 is 0 Å². The van der Waals surface area contributed by atoms with Crippen molar-refractivity contribution < 1.29 is 9.53 Å². The predicted molar refractivity (Wildman–Crippen MR) is 101 cm³/mol. The zero-order valence-electron chi connectivity index (χ0n) is 15.0. The topological polar surface area (TPSA) is 41.6 Å². The number of piperidine rings is 1. The van der Waals surface area contributed by atoms with E-state index in [-0.39, 0.29) is 5.91 Å². The number of hydrogen-bond donors (Lipinski definition) is 1. The van der Waals surface area contributed by atoms with Crippen molar-refractivity contribution in [2.75, 3.05) is 25.5 Å². The summed E-state index contributed by atoms with van der Waals surface area (Å²) in [6, 6.07) is 15.3. The monoisotopic (exact) mass is 338 g/mol. The number of carbonyl (C=O) groups is 1. The van der Waals surface area contributed by atoms with Gasteiger partial charge < -0.3 is 10.1 Å². The molecule has 1 amide bonds. The molecule has 0 atom stereocenters. The number of nitrogens with zero attached hydrogens (tertiary/aromatic N) is 1. The Kier molecular flexibility index (Phi) is 5.71. The molecule has 1 aliphatic heterocycles. The Bertz CT molecular complexity index is 687. The molecule has 1 N–H and O–H groups in total. The molecule has 132 valence electrons. The summed E-state index contributed by atoms with van der Waals surface area (Å²) in [7, 11) is 1.62. The smallest absolute Gasteiger partial charge is 0.255 e. The van der Waals surface area contributed by atoms with Crippen molar-refractivity contribution in [1.82, 2.24) is 4.90 Å². The van der Waals surface area contributed by atoms with E-state index in [4.69, 9.17) is 4.74 Å².